The highest BCUT2D eigenvalue weighted by Gasteiger charge is 2.23. The van der Waals surface area contributed by atoms with Crippen LogP contribution in [0, 0.1) is 13.8 Å². The molecule has 0 aliphatic heterocycles. The van der Waals surface area contributed by atoms with Crippen LogP contribution in [0.2, 0.25) is 5.15 Å². The quantitative estimate of drug-likeness (QED) is 0.812. The van der Waals surface area contributed by atoms with Gasteiger partial charge in [-0.15, -0.1) is 5.10 Å². The third kappa shape index (κ3) is 2.64. The molecule has 0 spiro atoms. The highest BCUT2D eigenvalue weighted by molar-refractivity contribution is 7.99. The lowest BCUT2D eigenvalue weighted by molar-refractivity contribution is 0.423. The summed E-state index contributed by atoms with van der Waals surface area (Å²) in [5, 5.41) is 14.1. The SMILES string of the molecule is Cc1nc(Cl)c(C)c(Sc2nnnn2C2CCCC2)n1. The van der Waals surface area contributed by atoms with Gasteiger partial charge >= 0.3 is 0 Å². The highest BCUT2D eigenvalue weighted by Crippen LogP contribution is 2.34. The molecule has 1 saturated carbocycles. The molecule has 20 heavy (non-hydrogen) atoms. The zero-order chi connectivity index (χ0) is 14.1. The van der Waals surface area contributed by atoms with Gasteiger partial charge in [0.25, 0.3) is 0 Å². The topological polar surface area (TPSA) is 69.4 Å². The molecule has 1 fully saturated rings. The molecule has 8 heteroatoms. The third-order valence-corrected chi connectivity index (χ3v) is 4.88. The number of aryl methyl sites for hydroxylation is 1. The van der Waals surface area contributed by atoms with Crippen LogP contribution in [-0.4, -0.2) is 30.2 Å². The number of nitrogens with zero attached hydrogens (tertiary/aromatic N) is 6. The Morgan fingerprint density at radius 2 is 1.95 bits per heavy atom. The summed E-state index contributed by atoms with van der Waals surface area (Å²) in [5.41, 5.74) is 0.864. The van der Waals surface area contributed by atoms with Crippen LogP contribution in [0.25, 0.3) is 0 Å². The van der Waals surface area contributed by atoms with Gasteiger partial charge in [0.2, 0.25) is 5.16 Å². The van der Waals surface area contributed by atoms with Gasteiger partial charge in [-0.3, -0.25) is 0 Å². The van der Waals surface area contributed by atoms with E-state index in [1.807, 2.05) is 18.5 Å². The summed E-state index contributed by atoms with van der Waals surface area (Å²) in [6, 6.07) is 0.409. The van der Waals surface area contributed by atoms with Gasteiger partial charge in [-0.1, -0.05) is 24.4 Å². The van der Waals surface area contributed by atoms with E-state index in [1.165, 1.54) is 24.6 Å². The first kappa shape index (κ1) is 13.8. The van der Waals surface area contributed by atoms with Crippen LogP contribution in [-0.2, 0) is 0 Å². The number of hydrogen-bond donors (Lipinski definition) is 0. The fraction of sp³-hybridized carbons (Fsp3) is 0.583. The molecule has 1 aliphatic rings. The Kier molecular flexibility index (Phi) is 3.89. The van der Waals surface area contributed by atoms with Crippen molar-refractivity contribution in [3.8, 4) is 0 Å². The molecule has 0 aromatic carbocycles. The van der Waals surface area contributed by atoms with Crippen molar-refractivity contribution >= 4 is 23.4 Å². The van der Waals surface area contributed by atoms with Crippen LogP contribution in [0.1, 0.15) is 43.1 Å². The van der Waals surface area contributed by atoms with Crippen LogP contribution in [0.15, 0.2) is 10.2 Å². The number of rotatable bonds is 3. The summed E-state index contributed by atoms with van der Waals surface area (Å²) in [6.45, 7) is 3.74. The van der Waals surface area contributed by atoms with Gasteiger partial charge in [-0.25, -0.2) is 14.6 Å². The van der Waals surface area contributed by atoms with E-state index in [1.54, 1.807) is 0 Å². The fourth-order valence-corrected chi connectivity index (χ4v) is 3.61. The molecule has 0 amide bonds. The molecule has 0 unspecified atom stereocenters. The zero-order valence-electron chi connectivity index (χ0n) is 11.4. The lowest BCUT2D eigenvalue weighted by atomic mass is 10.3. The maximum Gasteiger partial charge on any atom is 0.215 e. The summed E-state index contributed by atoms with van der Waals surface area (Å²) < 4.78 is 1.92. The minimum atomic E-state index is 0.409. The van der Waals surface area contributed by atoms with Crippen molar-refractivity contribution in [1.82, 2.24) is 30.2 Å². The summed E-state index contributed by atoms with van der Waals surface area (Å²) in [5.74, 6) is 0.656. The van der Waals surface area contributed by atoms with E-state index < -0.39 is 0 Å². The Bertz CT molecular complexity index is 622. The highest BCUT2D eigenvalue weighted by atomic mass is 35.5. The predicted molar refractivity (Wildman–Crippen MR) is 76.0 cm³/mol. The number of halogens is 1. The Balaban J connectivity index is 1.90. The van der Waals surface area contributed by atoms with Crippen molar-refractivity contribution in [2.24, 2.45) is 0 Å². The normalized spacial score (nSPS) is 15.9. The molecule has 0 N–H and O–H groups in total. The van der Waals surface area contributed by atoms with E-state index in [0.29, 0.717) is 17.0 Å². The second-order valence-corrected chi connectivity index (χ2v) is 6.25. The molecule has 2 heterocycles. The van der Waals surface area contributed by atoms with Crippen LogP contribution >= 0.6 is 23.4 Å². The van der Waals surface area contributed by atoms with Crippen molar-refractivity contribution in [1.29, 1.82) is 0 Å². The summed E-state index contributed by atoms with van der Waals surface area (Å²) in [6.07, 6.45) is 4.76. The maximum absolute atomic E-state index is 6.10. The number of aromatic nitrogens is 6. The van der Waals surface area contributed by atoms with Gasteiger partial charge in [0.05, 0.1) is 6.04 Å². The molecule has 2 aromatic rings. The lowest BCUT2D eigenvalue weighted by Crippen LogP contribution is -2.08. The average Bonchev–Trinajstić information content (AvgIpc) is 3.05. The Labute approximate surface area is 126 Å². The van der Waals surface area contributed by atoms with Crippen LogP contribution in [0.3, 0.4) is 0 Å². The van der Waals surface area contributed by atoms with E-state index in [4.69, 9.17) is 11.6 Å². The molecular formula is C12H15ClN6S. The van der Waals surface area contributed by atoms with Crippen molar-refractivity contribution in [3.05, 3.63) is 16.5 Å². The molecule has 0 saturated heterocycles. The molecule has 3 rings (SSSR count). The van der Waals surface area contributed by atoms with Gasteiger partial charge in [0.1, 0.15) is 16.0 Å². The lowest BCUT2D eigenvalue weighted by Gasteiger charge is -2.11. The zero-order valence-corrected chi connectivity index (χ0v) is 12.9. The van der Waals surface area contributed by atoms with Crippen molar-refractivity contribution < 1.29 is 0 Å². The Morgan fingerprint density at radius 1 is 1.20 bits per heavy atom. The van der Waals surface area contributed by atoms with E-state index >= 15 is 0 Å². The van der Waals surface area contributed by atoms with Gasteiger partial charge < -0.3 is 0 Å². The van der Waals surface area contributed by atoms with E-state index in [2.05, 4.69) is 25.5 Å². The van der Waals surface area contributed by atoms with Crippen LogP contribution in [0.5, 0.6) is 0 Å². The predicted octanol–water partition coefficient (Wildman–Crippen LogP) is 3.00. The Morgan fingerprint density at radius 3 is 2.70 bits per heavy atom. The van der Waals surface area contributed by atoms with Crippen molar-refractivity contribution in [2.45, 2.75) is 55.8 Å². The average molecular weight is 311 g/mol. The first-order valence-corrected chi connectivity index (χ1v) is 7.81. The van der Waals surface area contributed by atoms with Gasteiger partial charge in [-0.2, -0.15) is 0 Å². The second-order valence-electron chi connectivity index (χ2n) is 4.94. The number of hydrogen-bond acceptors (Lipinski definition) is 6. The fourth-order valence-electron chi connectivity index (χ4n) is 2.39. The maximum atomic E-state index is 6.10. The summed E-state index contributed by atoms with van der Waals surface area (Å²) in [4.78, 5) is 8.58. The second kappa shape index (κ2) is 5.65. The van der Waals surface area contributed by atoms with Gasteiger partial charge in [-0.05, 0) is 48.9 Å². The summed E-state index contributed by atoms with van der Waals surface area (Å²) in [7, 11) is 0. The standard InChI is InChI=1S/C12H15ClN6S/c1-7-10(13)14-8(2)15-11(7)20-12-16-17-18-19(12)9-5-3-4-6-9/h9H,3-6H2,1-2H3. The monoisotopic (exact) mass is 310 g/mol. The minimum Gasteiger partial charge on any atom is -0.226 e. The molecule has 0 bridgehead atoms. The largest absolute Gasteiger partial charge is 0.226 e. The molecule has 0 atom stereocenters. The first-order valence-electron chi connectivity index (χ1n) is 6.61. The van der Waals surface area contributed by atoms with Gasteiger partial charge in [0, 0.05) is 5.56 Å². The minimum absolute atomic E-state index is 0.409. The van der Waals surface area contributed by atoms with E-state index in [0.717, 1.165) is 28.6 Å². The molecule has 106 valence electrons. The molecule has 0 radical (unpaired) electrons. The first-order chi connectivity index (χ1) is 9.65. The van der Waals surface area contributed by atoms with Crippen molar-refractivity contribution in [2.75, 3.05) is 0 Å². The van der Waals surface area contributed by atoms with Gasteiger partial charge in [0.15, 0.2) is 0 Å². The molecule has 1 aliphatic carbocycles. The van der Waals surface area contributed by atoms with Crippen LogP contribution in [0.4, 0.5) is 0 Å². The third-order valence-electron chi connectivity index (χ3n) is 3.47. The Hall–Kier alpha value is -1.21. The van der Waals surface area contributed by atoms with E-state index in [9.17, 15) is 0 Å². The van der Waals surface area contributed by atoms with Crippen LogP contribution < -0.4 is 0 Å². The molecule has 2 aromatic heterocycles. The summed E-state index contributed by atoms with van der Waals surface area (Å²) >= 11 is 7.56. The smallest absolute Gasteiger partial charge is 0.215 e. The van der Waals surface area contributed by atoms with E-state index in [-0.39, 0.29) is 0 Å². The molecular weight excluding hydrogens is 296 g/mol. The molecule has 6 nitrogen and oxygen atoms in total. The van der Waals surface area contributed by atoms with Crippen molar-refractivity contribution in [3.63, 3.8) is 0 Å². The number of tetrazole rings is 1.